The van der Waals surface area contributed by atoms with Gasteiger partial charge in [0.1, 0.15) is 5.82 Å². The molecule has 2 aromatic rings. The lowest BCUT2D eigenvalue weighted by atomic mass is 9.99. The molecule has 1 N–H and O–H groups in total. The second-order valence-electron chi connectivity index (χ2n) is 7.24. The Morgan fingerprint density at radius 1 is 1.15 bits per heavy atom. The molecule has 0 spiro atoms. The SMILES string of the molecule is C[C@@H]1C[C@@H]1C(=O)Nc1ccc(F)cc1C(=O)N1CCc2ccccc2C1. The maximum atomic E-state index is 13.8. The van der Waals surface area contributed by atoms with E-state index in [1.165, 1.54) is 23.8 Å². The van der Waals surface area contributed by atoms with Crippen LogP contribution in [0.4, 0.5) is 10.1 Å². The van der Waals surface area contributed by atoms with Crippen LogP contribution in [0.5, 0.6) is 0 Å². The summed E-state index contributed by atoms with van der Waals surface area (Å²) in [6.07, 6.45) is 1.64. The zero-order valence-corrected chi connectivity index (χ0v) is 14.7. The molecule has 134 valence electrons. The highest BCUT2D eigenvalue weighted by atomic mass is 19.1. The molecule has 0 radical (unpaired) electrons. The summed E-state index contributed by atoms with van der Waals surface area (Å²) in [6.45, 7) is 3.10. The molecule has 1 saturated carbocycles. The van der Waals surface area contributed by atoms with Crippen molar-refractivity contribution in [3.63, 3.8) is 0 Å². The van der Waals surface area contributed by atoms with Crippen LogP contribution in [-0.2, 0) is 17.8 Å². The largest absolute Gasteiger partial charge is 0.334 e. The van der Waals surface area contributed by atoms with Crippen molar-refractivity contribution in [2.45, 2.75) is 26.3 Å². The number of amides is 2. The lowest BCUT2D eigenvalue weighted by Gasteiger charge is -2.29. The first-order valence-corrected chi connectivity index (χ1v) is 8.99. The number of hydrogen-bond donors (Lipinski definition) is 1. The molecular formula is C21H21FN2O2. The zero-order chi connectivity index (χ0) is 18.3. The van der Waals surface area contributed by atoms with Gasteiger partial charge in [-0.2, -0.15) is 0 Å². The average molecular weight is 352 g/mol. The van der Waals surface area contributed by atoms with Gasteiger partial charge in [0.2, 0.25) is 5.91 Å². The molecule has 0 bridgehead atoms. The van der Waals surface area contributed by atoms with Gasteiger partial charge in [0.25, 0.3) is 5.91 Å². The van der Waals surface area contributed by atoms with E-state index < -0.39 is 5.82 Å². The monoisotopic (exact) mass is 352 g/mol. The number of nitrogens with zero attached hydrogens (tertiary/aromatic N) is 1. The van der Waals surface area contributed by atoms with Gasteiger partial charge in [0.15, 0.2) is 0 Å². The van der Waals surface area contributed by atoms with Crippen molar-refractivity contribution in [2.24, 2.45) is 11.8 Å². The van der Waals surface area contributed by atoms with Gasteiger partial charge in [-0.05, 0) is 48.1 Å². The van der Waals surface area contributed by atoms with Crippen LogP contribution < -0.4 is 5.32 Å². The van der Waals surface area contributed by atoms with Gasteiger partial charge in [-0.25, -0.2) is 4.39 Å². The Kier molecular flexibility index (Phi) is 4.23. The summed E-state index contributed by atoms with van der Waals surface area (Å²) in [5, 5.41) is 2.82. The first-order valence-electron chi connectivity index (χ1n) is 8.99. The topological polar surface area (TPSA) is 49.4 Å². The van der Waals surface area contributed by atoms with Crippen LogP contribution in [0.3, 0.4) is 0 Å². The molecule has 2 amide bonds. The van der Waals surface area contributed by atoms with Crippen molar-refractivity contribution >= 4 is 17.5 Å². The summed E-state index contributed by atoms with van der Waals surface area (Å²) >= 11 is 0. The Hall–Kier alpha value is -2.69. The predicted octanol–water partition coefficient (Wildman–Crippen LogP) is 3.62. The minimum absolute atomic E-state index is 0.00938. The highest BCUT2D eigenvalue weighted by Gasteiger charge is 2.39. The summed E-state index contributed by atoms with van der Waals surface area (Å²) in [5.41, 5.74) is 2.96. The average Bonchev–Trinajstić information content (AvgIpc) is 3.39. The molecule has 2 aromatic carbocycles. The highest BCUT2D eigenvalue weighted by Crippen LogP contribution is 2.38. The van der Waals surface area contributed by atoms with Crippen molar-refractivity contribution in [3.8, 4) is 0 Å². The third-order valence-electron chi connectivity index (χ3n) is 5.33. The fraction of sp³-hybridized carbons (Fsp3) is 0.333. The van der Waals surface area contributed by atoms with Crippen LogP contribution in [0.25, 0.3) is 0 Å². The van der Waals surface area contributed by atoms with Gasteiger partial charge < -0.3 is 10.2 Å². The number of halogens is 1. The Bertz CT molecular complexity index is 880. The Balaban J connectivity index is 1.57. The van der Waals surface area contributed by atoms with Crippen LogP contribution >= 0.6 is 0 Å². The van der Waals surface area contributed by atoms with Gasteiger partial charge in [-0.1, -0.05) is 31.2 Å². The van der Waals surface area contributed by atoms with E-state index in [2.05, 4.69) is 11.4 Å². The molecule has 4 rings (SSSR count). The normalized spacial score (nSPS) is 21.1. The second kappa shape index (κ2) is 6.56. The smallest absolute Gasteiger partial charge is 0.256 e. The molecule has 1 aliphatic carbocycles. The summed E-state index contributed by atoms with van der Waals surface area (Å²) < 4.78 is 13.8. The highest BCUT2D eigenvalue weighted by molar-refractivity contribution is 6.04. The summed E-state index contributed by atoms with van der Waals surface area (Å²) in [5.74, 6) is -0.470. The number of anilines is 1. The molecule has 1 fully saturated rings. The molecule has 2 atom stereocenters. The van der Waals surface area contributed by atoms with Gasteiger partial charge >= 0.3 is 0 Å². The second-order valence-corrected chi connectivity index (χ2v) is 7.24. The molecule has 1 heterocycles. The van der Waals surface area contributed by atoms with Crippen molar-refractivity contribution in [2.75, 3.05) is 11.9 Å². The van der Waals surface area contributed by atoms with Gasteiger partial charge in [0, 0.05) is 19.0 Å². The molecule has 26 heavy (non-hydrogen) atoms. The Labute approximate surface area is 152 Å². The molecule has 0 saturated heterocycles. The minimum Gasteiger partial charge on any atom is -0.334 e. The van der Waals surface area contributed by atoms with Crippen LogP contribution in [0.15, 0.2) is 42.5 Å². The predicted molar refractivity (Wildman–Crippen MR) is 97.2 cm³/mol. The molecule has 0 aromatic heterocycles. The number of carbonyl (C=O) groups is 2. The third kappa shape index (κ3) is 3.21. The van der Waals surface area contributed by atoms with Gasteiger partial charge in [0.05, 0.1) is 11.3 Å². The Morgan fingerprint density at radius 3 is 2.62 bits per heavy atom. The summed E-state index contributed by atoms with van der Waals surface area (Å²) in [6, 6.07) is 12.0. The lowest BCUT2D eigenvalue weighted by molar-refractivity contribution is -0.117. The van der Waals surface area contributed by atoms with E-state index in [4.69, 9.17) is 0 Å². The molecule has 1 aliphatic heterocycles. The van der Waals surface area contributed by atoms with E-state index in [-0.39, 0.29) is 23.3 Å². The first-order chi connectivity index (χ1) is 12.5. The number of carbonyl (C=O) groups excluding carboxylic acids is 2. The van der Waals surface area contributed by atoms with Crippen molar-refractivity contribution in [1.29, 1.82) is 0 Å². The van der Waals surface area contributed by atoms with E-state index in [1.54, 1.807) is 4.90 Å². The van der Waals surface area contributed by atoms with E-state index in [0.717, 1.165) is 18.4 Å². The fourth-order valence-corrected chi connectivity index (χ4v) is 3.55. The first kappa shape index (κ1) is 16.8. The van der Waals surface area contributed by atoms with Crippen molar-refractivity contribution in [1.82, 2.24) is 4.90 Å². The van der Waals surface area contributed by atoms with E-state index in [1.807, 2.05) is 25.1 Å². The number of rotatable bonds is 3. The maximum Gasteiger partial charge on any atom is 0.256 e. The van der Waals surface area contributed by atoms with E-state index in [9.17, 15) is 14.0 Å². The third-order valence-corrected chi connectivity index (χ3v) is 5.33. The molecular weight excluding hydrogens is 331 g/mol. The molecule has 5 heteroatoms. The number of hydrogen-bond acceptors (Lipinski definition) is 2. The van der Waals surface area contributed by atoms with E-state index >= 15 is 0 Å². The van der Waals surface area contributed by atoms with Crippen molar-refractivity contribution in [3.05, 3.63) is 65.0 Å². The quantitative estimate of drug-likeness (QED) is 0.917. The van der Waals surface area contributed by atoms with Gasteiger partial charge in [-0.3, -0.25) is 9.59 Å². The molecule has 4 nitrogen and oxygen atoms in total. The number of benzene rings is 2. The standard InChI is InChI=1S/C21H21FN2O2/c1-13-10-17(13)20(25)23-19-7-6-16(22)11-18(19)21(26)24-9-8-14-4-2-3-5-15(14)12-24/h2-7,11,13,17H,8-10,12H2,1H3,(H,23,25)/t13-,17+/m1/s1. The van der Waals surface area contributed by atoms with Crippen LogP contribution in [0.2, 0.25) is 0 Å². The Morgan fingerprint density at radius 2 is 1.88 bits per heavy atom. The summed E-state index contributed by atoms with van der Waals surface area (Å²) in [7, 11) is 0. The van der Waals surface area contributed by atoms with Crippen LogP contribution in [0, 0.1) is 17.7 Å². The number of fused-ring (bicyclic) bond motifs is 1. The van der Waals surface area contributed by atoms with Crippen LogP contribution in [-0.4, -0.2) is 23.3 Å². The fourth-order valence-electron chi connectivity index (χ4n) is 3.55. The summed E-state index contributed by atoms with van der Waals surface area (Å²) in [4.78, 5) is 27.0. The zero-order valence-electron chi connectivity index (χ0n) is 14.7. The molecule has 2 aliphatic rings. The lowest BCUT2D eigenvalue weighted by Crippen LogP contribution is -2.36. The van der Waals surface area contributed by atoms with Crippen LogP contribution in [0.1, 0.15) is 34.8 Å². The number of nitrogens with one attached hydrogen (secondary N) is 1. The van der Waals surface area contributed by atoms with Gasteiger partial charge in [-0.15, -0.1) is 0 Å². The minimum atomic E-state index is -0.483. The van der Waals surface area contributed by atoms with Crippen molar-refractivity contribution < 1.29 is 14.0 Å². The maximum absolute atomic E-state index is 13.8. The van der Waals surface area contributed by atoms with E-state index in [0.29, 0.717) is 24.7 Å². The molecule has 0 unspecified atom stereocenters.